The summed E-state index contributed by atoms with van der Waals surface area (Å²) in [5.41, 5.74) is 0.937. The van der Waals surface area contributed by atoms with Crippen molar-refractivity contribution < 1.29 is 14.3 Å². The van der Waals surface area contributed by atoms with E-state index in [-0.39, 0.29) is 12.0 Å². The number of carbonyl (C=O) groups excluding carboxylic acids is 1. The minimum absolute atomic E-state index is 0.0557. The van der Waals surface area contributed by atoms with Crippen molar-refractivity contribution in [2.75, 3.05) is 6.61 Å². The number of nitrogens with zero attached hydrogens (tertiary/aromatic N) is 1. The van der Waals surface area contributed by atoms with Crippen LogP contribution in [0.3, 0.4) is 0 Å². The fraction of sp³-hybridized carbons (Fsp3) is 0.294. The second-order valence-electron chi connectivity index (χ2n) is 5.14. The SMILES string of the molecule is O=C(NCc1ccnc(Oc2ccccc2)c1)C1CCCO1. The molecule has 5 heteroatoms. The fourth-order valence-electron chi connectivity index (χ4n) is 2.31. The van der Waals surface area contributed by atoms with Gasteiger partial charge >= 0.3 is 0 Å². The minimum Gasteiger partial charge on any atom is -0.439 e. The zero-order valence-electron chi connectivity index (χ0n) is 12.2. The summed E-state index contributed by atoms with van der Waals surface area (Å²) in [5, 5.41) is 2.88. The van der Waals surface area contributed by atoms with Gasteiger partial charge in [0.1, 0.15) is 11.9 Å². The number of carbonyl (C=O) groups is 1. The number of pyridine rings is 1. The maximum absolute atomic E-state index is 11.9. The Bertz CT molecular complexity index is 625. The van der Waals surface area contributed by atoms with Crippen LogP contribution < -0.4 is 10.1 Å². The van der Waals surface area contributed by atoms with Crippen molar-refractivity contribution in [3.05, 3.63) is 54.2 Å². The van der Waals surface area contributed by atoms with Gasteiger partial charge in [-0.3, -0.25) is 4.79 Å². The van der Waals surface area contributed by atoms with Crippen LogP contribution in [0.4, 0.5) is 0 Å². The highest BCUT2D eigenvalue weighted by molar-refractivity contribution is 5.80. The number of para-hydroxylation sites is 1. The van der Waals surface area contributed by atoms with Gasteiger partial charge in [-0.1, -0.05) is 18.2 Å². The second-order valence-corrected chi connectivity index (χ2v) is 5.14. The third-order valence-electron chi connectivity index (χ3n) is 3.45. The van der Waals surface area contributed by atoms with E-state index in [0.29, 0.717) is 19.0 Å². The van der Waals surface area contributed by atoms with E-state index >= 15 is 0 Å². The van der Waals surface area contributed by atoms with Crippen LogP contribution in [0.1, 0.15) is 18.4 Å². The van der Waals surface area contributed by atoms with Crippen molar-refractivity contribution in [2.45, 2.75) is 25.5 Å². The van der Waals surface area contributed by atoms with Crippen molar-refractivity contribution in [3.8, 4) is 11.6 Å². The minimum atomic E-state index is -0.304. The van der Waals surface area contributed by atoms with Gasteiger partial charge in [0.15, 0.2) is 0 Å². The number of ether oxygens (including phenoxy) is 2. The van der Waals surface area contributed by atoms with E-state index in [4.69, 9.17) is 9.47 Å². The van der Waals surface area contributed by atoms with E-state index in [1.165, 1.54) is 0 Å². The van der Waals surface area contributed by atoms with E-state index in [1.807, 2.05) is 42.5 Å². The van der Waals surface area contributed by atoms with Gasteiger partial charge in [0, 0.05) is 25.4 Å². The summed E-state index contributed by atoms with van der Waals surface area (Å²) >= 11 is 0. The summed E-state index contributed by atoms with van der Waals surface area (Å²) in [6, 6.07) is 13.1. The van der Waals surface area contributed by atoms with Crippen LogP contribution in [0, 0.1) is 0 Å². The zero-order chi connectivity index (χ0) is 15.2. The van der Waals surface area contributed by atoms with Gasteiger partial charge in [0.2, 0.25) is 11.8 Å². The average molecular weight is 298 g/mol. The van der Waals surface area contributed by atoms with Gasteiger partial charge in [0.25, 0.3) is 0 Å². The highest BCUT2D eigenvalue weighted by Crippen LogP contribution is 2.19. The molecule has 0 saturated carbocycles. The Morgan fingerprint density at radius 2 is 2.18 bits per heavy atom. The second kappa shape index (κ2) is 7.04. The predicted octanol–water partition coefficient (Wildman–Crippen LogP) is 2.67. The molecule has 1 aromatic heterocycles. The molecule has 1 amide bonds. The van der Waals surface area contributed by atoms with Crippen molar-refractivity contribution in [1.82, 2.24) is 10.3 Å². The molecule has 0 aliphatic carbocycles. The Labute approximate surface area is 129 Å². The standard InChI is InChI=1S/C17H18N2O3/c20-17(15-7-4-10-21-15)19-12-13-8-9-18-16(11-13)22-14-5-2-1-3-6-14/h1-3,5-6,8-9,11,15H,4,7,10,12H2,(H,19,20). The summed E-state index contributed by atoms with van der Waals surface area (Å²) < 4.78 is 11.0. The number of nitrogens with one attached hydrogen (secondary N) is 1. The molecule has 1 atom stereocenters. The third-order valence-corrected chi connectivity index (χ3v) is 3.45. The Morgan fingerprint density at radius 1 is 1.32 bits per heavy atom. The number of benzene rings is 1. The molecular formula is C17H18N2O3. The Hall–Kier alpha value is -2.40. The number of amides is 1. The van der Waals surface area contributed by atoms with Gasteiger partial charge in [-0.05, 0) is 36.6 Å². The smallest absolute Gasteiger partial charge is 0.249 e. The molecule has 2 aromatic rings. The Kier molecular flexibility index (Phi) is 4.65. The maximum Gasteiger partial charge on any atom is 0.249 e. The molecule has 22 heavy (non-hydrogen) atoms. The molecule has 0 bridgehead atoms. The van der Waals surface area contributed by atoms with Crippen LogP contribution in [0.5, 0.6) is 11.6 Å². The molecular weight excluding hydrogens is 280 g/mol. The van der Waals surface area contributed by atoms with Gasteiger partial charge in [-0.25, -0.2) is 4.98 Å². The van der Waals surface area contributed by atoms with E-state index in [0.717, 1.165) is 24.2 Å². The Balaban J connectivity index is 1.58. The first-order valence-electron chi connectivity index (χ1n) is 7.38. The number of hydrogen-bond acceptors (Lipinski definition) is 4. The lowest BCUT2D eigenvalue weighted by Crippen LogP contribution is -2.33. The monoisotopic (exact) mass is 298 g/mol. The number of rotatable bonds is 5. The van der Waals surface area contributed by atoms with Crippen LogP contribution in [0.15, 0.2) is 48.7 Å². The Morgan fingerprint density at radius 3 is 2.95 bits per heavy atom. The van der Waals surface area contributed by atoms with E-state index < -0.39 is 0 Å². The predicted molar refractivity (Wildman–Crippen MR) is 81.6 cm³/mol. The molecule has 1 N–H and O–H groups in total. The average Bonchev–Trinajstić information content (AvgIpc) is 3.08. The largest absolute Gasteiger partial charge is 0.439 e. The molecule has 0 spiro atoms. The topological polar surface area (TPSA) is 60.5 Å². The maximum atomic E-state index is 11.9. The van der Waals surface area contributed by atoms with Gasteiger partial charge < -0.3 is 14.8 Å². The van der Waals surface area contributed by atoms with Crippen LogP contribution in [-0.4, -0.2) is 23.6 Å². The van der Waals surface area contributed by atoms with Crippen LogP contribution >= 0.6 is 0 Å². The van der Waals surface area contributed by atoms with Gasteiger partial charge in [-0.15, -0.1) is 0 Å². The molecule has 1 unspecified atom stereocenters. The highest BCUT2D eigenvalue weighted by atomic mass is 16.5. The molecule has 2 heterocycles. The first kappa shape index (κ1) is 14.5. The van der Waals surface area contributed by atoms with Gasteiger partial charge in [-0.2, -0.15) is 0 Å². The number of aromatic nitrogens is 1. The van der Waals surface area contributed by atoms with Crippen molar-refractivity contribution in [3.63, 3.8) is 0 Å². The van der Waals surface area contributed by atoms with Crippen molar-refractivity contribution in [1.29, 1.82) is 0 Å². The molecule has 1 aliphatic rings. The van der Waals surface area contributed by atoms with E-state index in [9.17, 15) is 4.79 Å². The normalized spacial score (nSPS) is 17.2. The molecule has 3 rings (SSSR count). The van der Waals surface area contributed by atoms with Crippen molar-refractivity contribution in [2.24, 2.45) is 0 Å². The molecule has 5 nitrogen and oxygen atoms in total. The van der Waals surface area contributed by atoms with Crippen LogP contribution in [0.2, 0.25) is 0 Å². The summed E-state index contributed by atoms with van der Waals surface area (Å²) in [7, 11) is 0. The molecule has 1 aliphatic heterocycles. The highest BCUT2D eigenvalue weighted by Gasteiger charge is 2.22. The number of hydrogen-bond donors (Lipinski definition) is 1. The molecule has 114 valence electrons. The lowest BCUT2D eigenvalue weighted by molar-refractivity contribution is -0.130. The molecule has 1 aromatic carbocycles. The lowest BCUT2D eigenvalue weighted by atomic mass is 10.2. The molecule has 1 saturated heterocycles. The fourth-order valence-corrected chi connectivity index (χ4v) is 2.31. The lowest BCUT2D eigenvalue weighted by Gasteiger charge is -2.11. The van der Waals surface area contributed by atoms with E-state index in [2.05, 4.69) is 10.3 Å². The van der Waals surface area contributed by atoms with E-state index in [1.54, 1.807) is 6.20 Å². The van der Waals surface area contributed by atoms with Crippen molar-refractivity contribution >= 4 is 5.91 Å². The van der Waals surface area contributed by atoms with Crippen LogP contribution in [-0.2, 0) is 16.1 Å². The first-order chi connectivity index (χ1) is 10.8. The zero-order valence-corrected chi connectivity index (χ0v) is 12.2. The molecule has 1 fully saturated rings. The summed E-state index contributed by atoms with van der Waals surface area (Å²) in [6.07, 6.45) is 3.11. The summed E-state index contributed by atoms with van der Waals surface area (Å²) in [6.45, 7) is 1.11. The summed E-state index contributed by atoms with van der Waals surface area (Å²) in [5.74, 6) is 1.19. The third kappa shape index (κ3) is 3.83. The quantitative estimate of drug-likeness (QED) is 0.922. The molecule has 0 radical (unpaired) electrons. The summed E-state index contributed by atoms with van der Waals surface area (Å²) in [4.78, 5) is 16.1. The van der Waals surface area contributed by atoms with Gasteiger partial charge in [0.05, 0.1) is 0 Å². The van der Waals surface area contributed by atoms with Crippen LogP contribution in [0.25, 0.3) is 0 Å². The first-order valence-corrected chi connectivity index (χ1v) is 7.38.